The Balaban J connectivity index is 2.12. The normalized spacial score (nSPS) is 19.1. The summed E-state index contributed by atoms with van der Waals surface area (Å²) in [5.74, 6) is 6.68. The molecule has 1 saturated heterocycles. The average molecular weight is 376 g/mol. The van der Waals surface area contributed by atoms with Gasteiger partial charge in [0.25, 0.3) is 0 Å². The molecule has 0 spiro atoms. The first kappa shape index (κ1) is 21.0. The quantitative estimate of drug-likeness (QED) is 0.589. The molecule has 1 atom stereocenters. The number of hydrogen-bond donors (Lipinski definition) is 1. The van der Waals surface area contributed by atoms with Crippen molar-refractivity contribution in [2.45, 2.75) is 58.9 Å². The number of alkyl halides is 1. The van der Waals surface area contributed by atoms with Crippen molar-refractivity contribution in [3.63, 3.8) is 0 Å². The third kappa shape index (κ3) is 4.71. The van der Waals surface area contributed by atoms with Crippen LogP contribution in [0.4, 0.5) is 9.18 Å². The fourth-order valence-electron chi connectivity index (χ4n) is 3.32. The molecule has 1 aromatic rings. The van der Waals surface area contributed by atoms with Gasteiger partial charge in [-0.05, 0) is 37.7 Å². The first-order valence-corrected chi connectivity index (χ1v) is 9.36. The van der Waals surface area contributed by atoms with Gasteiger partial charge in [-0.25, -0.2) is 4.79 Å². The monoisotopic (exact) mass is 376 g/mol. The number of amides is 1. The van der Waals surface area contributed by atoms with Gasteiger partial charge in [-0.3, -0.25) is 14.3 Å². The largest absolute Gasteiger partial charge is 0.489 e. The van der Waals surface area contributed by atoms with Crippen molar-refractivity contribution in [3.8, 4) is 17.6 Å². The summed E-state index contributed by atoms with van der Waals surface area (Å²) in [6.45, 7) is 8.46. The van der Waals surface area contributed by atoms with Gasteiger partial charge in [-0.1, -0.05) is 32.6 Å². The van der Waals surface area contributed by atoms with Crippen LogP contribution < -0.4 is 4.74 Å². The van der Waals surface area contributed by atoms with Crippen LogP contribution in [0.5, 0.6) is 5.75 Å². The molecular weight excluding hydrogens is 347 g/mol. The fraction of sp³-hybridized carbons (Fsp3) is 0.619. The van der Waals surface area contributed by atoms with Crippen molar-refractivity contribution in [2.75, 3.05) is 19.8 Å². The molecule has 148 valence electrons. The molecular formula is C21H29FN2O3. The Bertz CT molecular complexity index is 733. The van der Waals surface area contributed by atoms with Crippen molar-refractivity contribution in [3.05, 3.63) is 23.5 Å². The van der Waals surface area contributed by atoms with Crippen LogP contribution in [0, 0.1) is 24.2 Å². The van der Waals surface area contributed by atoms with Gasteiger partial charge in [0.1, 0.15) is 12.4 Å². The van der Waals surface area contributed by atoms with Gasteiger partial charge in [0.2, 0.25) is 0 Å². The zero-order valence-corrected chi connectivity index (χ0v) is 16.6. The van der Waals surface area contributed by atoms with Gasteiger partial charge >= 0.3 is 6.09 Å². The van der Waals surface area contributed by atoms with Crippen LogP contribution >= 0.6 is 0 Å². The van der Waals surface area contributed by atoms with Crippen molar-refractivity contribution in [1.82, 2.24) is 9.88 Å². The van der Waals surface area contributed by atoms with Crippen molar-refractivity contribution in [1.29, 1.82) is 0 Å². The minimum Gasteiger partial charge on any atom is -0.489 e. The third-order valence-electron chi connectivity index (χ3n) is 5.32. The van der Waals surface area contributed by atoms with E-state index in [1.807, 2.05) is 33.8 Å². The molecule has 2 heterocycles. The minimum atomic E-state index is -0.914. The van der Waals surface area contributed by atoms with Crippen molar-refractivity contribution < 1.29 is 19.0 Å². The second kappa shape index (κ2) is 8.60. The molecule has 1 fully saturated rings. The maximum Gasteiger partial charge on any atom is 0.407 e. The van der Waals surface area contributed by atoms with E-state index in [1.165, 1.54) is 4.90 Å². The van der Waals surface area contributed by atoms with Crippen molar-refractivity contribution >= 4 is 6.09 Å². The molecule has 0 aromatic carbocycles. The van der Waals surface area contributed by atoms with E-state index in [0.29, 0.717) is 25.1 Å². The van der Waals surface area contributed by atoms with Crippen LogP contribution in [-0.4, -0.2) is 46.4 Å². The van der Waals surface area contributed by atoms with Gasteiger partial charge in [0, 0.05) is 24.7 Å². The van der Waals surface area contributed by atoms with Crippen LogP contribution in [0.2, 0.25) is 0 Å². The second-order valence-electron chi connectivity index (χ2n) is 8.01. The number of carboxylic acid groups (broad SMARTS) is 1. The second-order valence-corrected chi connectivity index (χ2v) is 8.01. The Morgan fingerprint density at radius 1 is 1.44 bits per heavy atom. The molecule has 27 heavy (non-hydrogen) atoms. The highest BCUT2D eigenvalue weighted by molar-refractivity contribution is 5.68. The Morgan fingerprint density at radius 2 is 2.19 bits per heavy atom. The van der Waals surface area contributed by atoms with E-state index in [2.05, 4.69) is 16.8 Å². The molecule has 1 aliphatic heterocycles. The zero-order valence-electron chi connectivity index (χ0n) is 16.6. The number of rotatable bonds is 6. The molecule has 1 aromatic heterocycles. The average Bonchev–Trinajstić information content (AvgIpc) is 2.54. The summed E-state index contributed by atoms with van der Waals surface area (Å²) < 4.78 is 18.2. The van der Waals surface area contributed by atoms with E-state index in [4.69, 9.17) is 4.74 Å². The van der Waals surface area contributed by atoms with Gasteiger partial charge in [-0.15, -0.1) is 0 Å². The topological polar surface area (TPSA) is 62.7 Å². The number of halogens is 1. The molecule has 1 aliphatic rings. The van der Waals surface area contributed by atoms with E-state index >= 15 is 0 Å². The summed E-state index contributed by atoms with van der Waals surface area (Å²) in [6.07, 6.45) is 3.46. The SMILES string of the molecule is Cc1ncc(C#CCCCCF)cc1OCC1(C(C)(C)C)CCN1C(=O)O. The van der Waals surface area contributed by atoms with Crippen LogP contribution in [-0.2, 0) is 0 Å². The highest BCUT2D eigenvalue weighted by atomic mass is 19.1. The van der Waals surface area contributed by atoms with Crippen LogP contribution in [0.15, 0.2) is 12.3 Å². The lowest BCUT2D eigenvalue weighted by Gasteiger charge is -2.58. The predicted octanol–water partition coefficient (Wildman–Crippen LogP) is 4.43. The maximum absolute atomic E-state index is 12.1. The maximum atomic E-state index is 12.1. The number of ether oxygens (including phenoxy) is 1. The van der Waals surface area contributed by atoms with Gasteiger partial charge in [-0.2, -0.15) is 0 Å². The predicted molar refractivity (Wildman–Crippen MR) is 103 cm³/mol. The van der Waals surface area contributed by atoms with E-state index in [9.17, 15) is 14.3 Å². The molecule has 1 amide bonds. The number of nitrogens with zero attached hydrogens (tertiary/aromatic N) is 2. The molecule has 0 bridgehead atoms. The highest BCUT2D eigenvalue weighted by Gasteiger charge is 2.56. The number of unbranched alkanes of at least 4 members (excludes halogenated alkanes) is 2. The van der Waals surface area contributed by atoms with Crippen LogP contribution in [0.25, 0.3) is 0 Å². The summed E-state index contributed by atoms with van der Waals surface area (Å²) in [7, 11) is 0. The summed E-state index contributed by atoms with van der Waals surface area (Å²) >= 11 is 0. The van der Waals surface area contributed by atoms with E-state index < -0.39 is 11.6 Å². The van der Waals surface area contributed by atoms with E-state index in [-0.39, 0.29) is 18.7 Å². The Morgan fingerprint density at radius 3 is 2.74 bits per heavy atom. The molecule has 1 unspecified atom stereocenters. The highest BCUT2D eigenvalue weighted by Crippen LogP contribution is 2.45. The van der Waals surface area contributed by atoms with E-state index in [1.54, 1.807) is 6.20 Å². The standard InChI is InChI=1S/C21H29FN2O3/c1-16-18(13-17(14-23-16)9-7-5-6-8-11-22)27-15-21(20(2,3)4)10-12-24(21)19(25)26/h13-14H,5-6,8,10-12,15H2,1-4H3,(H,25,26). The summed E-state index contributed by atoms with van der Waals surface area (Å²) in [4.78, 5) is 17.4. The third-order valence-corrected chi connectivity index (χ3v) is 5.32. The van der Waals surface area contributed by atoms with Gasteiger partial charge in [0.15, 0.2) is 0 Å². The number of pyridine rings is 1. The van der Waals surface area contributed by atoms with Crippen molar-refractivity contribution in [2.24, 2.45) is 5.41 Å². The Labute approximate surface area is 160 Å². The lowest BCUT2D eigenvalue weighted by molar-refractivity contribution is -0.0962. The minimum absolute atomic E-state index is 0.251. The summed E-state index contributed by atoms with van der Waals surface area (Å²) in [6, 6.07) is 1.84. The van der Waals surface area contributed by atoms with Gasteiger partial charge < -0.3 is 9.84 Å². The molecule has 0 saturated carbocycles. The lowest BCUT2D eigenvalue weighted by atomic mass is 9.66. The Kier molecular flexibility index (Phi) is 6.69. The lowest BCUT2D eigenvalue weighted by Crippen LogP contribution is -2.70. The smallest absolute Gasteiger partial charge is 0.407 e. The van der Waals surface area contributed by atoms with Gasteiger partial charge in [0.05, 0.1) is 17.9 Å². The fourth-order valence-corrected chi connectivity index (χ4v) is 3.32. The van der Waals surface area contributed by atoms with Crippen LogP contribution in [0.3, 0.4) is 0 Å². The Hall–Kier alpha value is -2.29. The number of aryl methyl sites for hydroxylation is 1. The summed E-state index contributed by atoms with van der Waals surface area (Å²) in [5.41, 5.74) is 0.672. The molecule has 2 rings (SSSR count). The van der Waals surface area contributed by atoms with E-state index in [0.717, 1.165) is 24.1 Å². The molecule has 1 N–H and O–H groups in total. The van der Waals surface area contributed by atoms with Crippen LogP contribution in [0.1, 0.15) is 57.7 Å². The number of aromatic nitrogens is 1. The zero-order chi connectivity index (χ0) is 20.1. The summed E-state index contributed by atoms with van der Waals surface area (Å²) in [5, 5.41) is 9.50. The number of likely N-dealkylation sites (tertiary alicyclic amines) is 1. The number of carbonyl (C=O) groups is 1. The molecule has 5 nitrogen and oxygen atoms in total. The first-order chi connectivity index (χ1) is 12.7. The number of hydrogen-bond acceptors (Lipinski definition) is 3. The molecule has 6 heteroatoms. The first-order valence-electron chi connectivity index (χ1n) is 9.36. The molecule has 0 aliphatic carbocycles. The molecule has 0 radical (unpaired) electrons.